The topological polar surface area (TPSA) is 43.8 Å². The minimum Gasteiger partial charge on any atom is -0.327 e. The van der Waals surface area contributed by atoms with Crippen LogP contribution in [0.15, 0.2) is 6.20 Å². The number of nitrogens with zero attached hydrogens (tertiary/aromatic N) is 2. The summed E-state index contributed by atoms with van der Waals surface area (Å²) < 4.78 is 1.88. The van der Waals surface area contributed by atoms with Gasteiger partial charge in [0.15, 0.2) is 0 Å². The van der Waals surface area contributed by atoms with Gasteiger partial charge in [-0.3, -0.25) is 4.68 Å². The van der Waals surface area contributed by atoms with Gasteiger partial charge in [0.2, 0.25) is 0 Å². The molecule has 0 saturated heterocycles. The number of hydrogen-bond donors (Lipinski definition) is 1. The molecular weight excluding hydrogens is 209 g/mol. The van der Waals surface area contributed by atoms with Gasteiger partial charge in [-0.1, -0.05) is 0 Å². The van der Waals surface area contributed by atoms with Gasteiger partial charge in [0, 0.05) is 25.7 Å². The molecule has 0 aromatic carbocycles. The van der Waals surface area contributed by atoms with Crippen LogP contribution in [-0.2, 0) is 19.9 Å². The highest BCUT2D eigenvalue weighted by molar-refractivity contribution is 5.85. The molecule has 1 aromatic heterocycles. The third kappa shape index (κ3) is 2.59. The normalized spacial score (nSPS) is 19.7. The number of hydrogen-bond acceptors (Lipinski definition) is 2. The monoisotopic (exact) mass is 223 g/mol. The van der Waals surface area contributed by atoms with Crippen LogP contribution in [0.1, 0.15) is 17.7 Å². The van der Waals surface area contributed by atoms with Gasteiger partial charge in [0.05, 0.1) is 5.69 Å². The van der Waals surface area contributed by atoms with E-state index in [2.05, 4.69) is 11.3 Å². The zero-order valence-electron chi connectivity index (χ0n) is 7.56. The van der Waals surface area contributed by atoms with Crippen molar-refractivity contribution in [3.63, 3.8) is 0 Å². The summed E-state index contributed by atoms with van der Waals surface area (Å²) in [7, 11) is 1.96. The molecule has 2 rings (SSSR count). The Labute approximate surface area is 90.5 Å². The minimum atomic E-state index is 0. The maximum absolute atomic E-state index is 5.81. The third-order valence-corrected chi connectivity index (χ3v) is 2.23. The van der Waals surface area contributed by atoms with E-state index >= 15 is 0 Å². The minimum absolute atomic E-state index is 0. The van der Waals surface area contributed by atoms with Crippen LogP contribution >= 0.6 is 24.8 Å². The summed E-state index contributed by atoms with van der Waals surface area (Å²) in [6.45, 7) is 0. The van der Waals surface area contributed by atoms with Crippen molar-refractivity contribution in [2.24, 2.45) is 12.8 Å². The van der Waals surface area contributed by atoms with Crippen molar-refractivity contribution in [1.29, 1.82) is 0 Å². The molecule has 0 aliphatic heterocycles. The van der Waals surface area contributed by atoms with E-state index in [0.717, 1.165) is 19.3 Å². The first-order valence-electron chi connectivity index (χ1n) is 4.02. The van der Waals surface area contributed by atoms with Crippen LogP contribution in [0.5, 0.6) is 0 Å². The van der Waals surface area contributed by atoms with E-state index in [1.54, 1.807) is 0 Å². The van der Waals surface area contributed by atoms with Crippen molar-refractivity contribution in [2.45, 2.75) is 25.3 Å². The molecule has 0 radical (unpaired) electrons. The Morgan fingerprint density at radius 1 is 1.54 bits per heavy atom. The molecule has 0 fully saturated rings. The van der Waals surface area contributed by atoms with Crippen molar-refractivity contribution in [3.8, 4) is 0 Å². The Hall–Kier alpha value is -0.250. The summed E-state index contributed by atoms with van der Waals surface area (Å²) in [5.74, 6) is 0. The van der Waals surface area contributed by atoms with Gasteiger partial charge < -0.3 is 5.73 Å². The van der Waals surface area contributed by atoms with Gasteiger partial charge in [-0.15, -0.1) is 24.8 Å². The van der Waals surface area contributed by atoms with E-state index in [4.69, 9.17) is 5.73 Å². The van der Waals surface area contributed by atoms with Gasteiger partial charge in [-0.2, -0.15) is 5.10 Å². The van der Waals surface area contributed by atoms with E-state index in [-0.39, 0.29) is 24.8 Å². The van der Waals surface area contributed by atoms with Crippen molar-refractivity contribution >= 4 is 24.8 Å². The molecule has 0 bridgehead atoms. The summed E-state index contributed by atoms with van der Waals surface area (Å²) in [4.78, 5) is 0. The average molecular weight is 224 g/mol. The van der Waals surface area contributed by atoms with Crippen LogP contribution in [0.4, 0.5) is 0 Å². The zero-order chi connectivity index (χ0) is 7.84. The highest BCUT2D eigenvalue weighted by Gasteiger charge is 2.17. The largest absolute Gasteiger partial charge is 0.327 e. The molecule has 3 nitrogen and oxygen atoms in total. The lowest BCUT2D eigenvalue weighted by molar-refractivity contribution is 0.566. The van der Waals surface area contributed by atoms with Crippen molar-refractivity contribution in [3.05, 3.63) is 17.5 Å². The first-order valence-corrected chi connectivity index (χ1v) is 4.02. The molecule has 1 atom stereocenters. The molecule has 0 saturated carbocycles. The second kappa shape index (κ2) is 4.84. The molecule has 76 valence electrons. The molecule has 5 heteroatoms. The fourth-order valence-electron chi connectivity index (χ4n) is 1.66. The predicted octanol–water partition coefficient (Wildman–Crippen LogP) is 1.08. The maximum atomic E-state index is 5.81. The second-order valence-corrected chi connectivity index (χ2v) is 3.28. The molecule has 13 heavy (non-hydrogen) atoms. The maximum Gasteiger partial charge on any atom is 0.0671 e. The fourth-order valence-corrected chi connectivity index (χ4v) is 1.66. The van der Waals surface area contributed by atoms with Gasteiger partial charge in [-0.25, -0.2) is 0 Å². The van der Waals surface area contributed by atoms with E-state index in [0.29, 0.717) is 6.04 Å². The first-order chi connectivity index (χ1) is 5.25. The summed E-state index contributed by atoms with van der Waals surface area (Å²) in [5.41, 5.74) is 8.39. The molecule has 0 amide bonds. The Balaban J connectivity index is 0.000000720. The Bertz CT molecular complexity index is 272. The number of aryl methyl sites for hydroxylation is 2. The van der Waals surface area contributed by atoms with Crippen LogP contribution in [0, 0.1) is 0 Å². The molecule has 1 aromatic rings. The van der Waals surface area contributed by atoms with Crippen LogP contribution in [0.2, 0.25) is 0 Å². The van der Waals surface area contributed by atoms with E-state index in [1.807, 2.05) is 11.7 Å². The van der Waals surface area contributed by atoms with Gasteiger partial charge >= 0.3 is 0 Å². The van der Waals surface area contributed by atoms with Crippen molar-refractivity contribution in [2.75, 3.05) is 0 Å². The molecule has 1 aliphatic carbocycles. The molecule has 2 N–H and O–H groups in total. The standard InChI is InChI=1S/C8H13N3.2ClH/c1-11-5-6-2-3-7(9)4-8(6)10-11;;/h5,7H,2-4,9H2,1H3;2*1H. The number of fused-ring (bicyclic) bond motifs is 1. The van der Waals surface area contributed by atoms with Crippen LogP contribution in [0.25, 0.3) is 0 Å². The smallest absolute Gasteiger partial charge is 0.0671 e. The lowest BCUT2D eigenvalue weighted by Crippen LogP contribution is -2.27. The Kier molecular flexibility index (Phi) is 4.75. The zero-order valence-corrected chi connectivity index (χ0v) is 9.20. The van der Waals surface area contributed by atoms with Crippen molar-refractivity contribution in [1.82, 2.24) is 9.78 Å². The van der Waals surface area contributed by atoms with E-state index < -0.39 is 0 Å². The van der Waals surface area contributed by atoms with Crippen LogP contribution < -0.4 is 5.73 Å². The highest BCUT2D eigenvalue weighted by atomic mass is 35.5. The number of rotatable bonds is 0. The number of nitrogens with two attached hydrogens (primary N) is 1. The van der Waals surface area contributed by atoms with Crippen LogP contribution in [0.3, 0.4) is 0 Å². The van der Waals surface area contributed by atoms with E-state index in [9.17, 15) is 0 Å². The summed E-state index contributed by atoms with van der Waals surface area (Å²) in [6.07, 6.45) is 5.26. The van der Waals surface area contributed by atoms with Crippen LogP contribution in [-0.4, -0.2) is 15.8 Å². The van der Waals surface area contributed by atoms with Gasteiger partial charge in [-0.05, 0) is 18.4 Å². The lowest BCUT2D eigenvalue weighted by atomic mass is 9.95. The molecule has 1 unspecified atom stereocenters. The number of aromatic nitrogens is 2. The predicted molar refractivity (Wildman–Crippen MR) is 57.7 cm³/mol. The lowest BCUT2D eigenvalue weighted by Gasteiger charge is -2.15. The molecule has 0 spiro atoms. The third-order valence-electron chi connectivity index (χ3n) is 2.23. The van der Waals surface area contributed by atoms with Crippen molar-refractivity contribution < 1.29 is 0 Å². The SMILES string of the molecule is Cl.Cl.Cn1cc2c(n1)CC(N)CC2. The summed E-state index contributed by atoms with van der Waals surface area (Å²) in [6, 6.07) is 0.331. The Morgan fingerprint density at radius 3 is 2.92 bits per heavy atom. The van der Waals surface area contributed by atoms with Gasteiger partial charge in [0.25, 0.3) is 0 Å². The number of halogens is 2. The van der Waals surface area contributed by atoms with E-state index in [1.165, 1.54) is 11.3 Å². The second-order valence-electron chi connectivity index (χ2n) is 3.28. The summed E-state index contributed by atoms with van der Waals surface area (Å²) >= 11 is 0. The molecule has 1 aliphatic rings. The molecular formula is C8H15Cl2N3. The first kappa shape index (κ1) is 12.8. The quantitative estimate of drug-likeness (QED) is 0.716. The Morgan fingerprint density at radius 2 is 2.23 bits per heavy atom. The fraction of sp³-hybridized carbons (Fsp3) is 0.625. The van der Waals surface area contributed by atoms with Gasteiger partial charge in [0.1, 0.15) is 0 Å². The highest BCUT2D eigenvalue weighted by Crippen LogP contribution is 2.17. The summed E-state index contributed by atoms with van der Waals surface area (Å²) in [5, 5.41) is 4.34. The average Bonchev–Trinajstić information content (AvgIpc) is 2.27. The molecule has 1 heterocycles.